The largest absolute Gasteiger partial charge is 0.467 e. The quantitative estimate of drug-likeness (QED) is 0.809. The Balaban J connectivity index is 1.82. The van der Waals surface area contributed by atoms with E-state index in [0.717, 1.165) is 18.8 Å². The van der Waals surface area contributed by atoms with Gasteiger partial charge in [0.25, 0.3) is 5.91 Å². The molecule has 2 aromatic heterocycles. The average Bonchev–Trinajstić information content (AvgIpc) is 2.98. The number of likely N-dealkylation sites (N-methyl/N-ethyl adjacent to an activating group) is 1. The average molecular weight is 288 g/mol. The van der Waals surface area contributed by atoms with Crippen molar-refractivity contribution in [3.8, 4) is 0 Å². The van der Waals surface area contributed by atoms with Crippen molar-refractivity contribution < 1.29 is 9.21 Å². The van der Waals surface area contributed by atoms with Crippen LogP contribution in [0.2, 0.25) is 0 Å². The fourth-order valence-electron chi connectivity index (χ4n) is 1.73. The third-order valence-electron chi connectivity index (χ3n) is 2.89. The number of furan rings is 1. The number of nitrogens with one attached hydrogen (secondary N) is 2. The van der Waals surface area contributed by atoms with E-state index in [1.807, 2.05) is 26.2 Å². The normalized spacial score (nSPS) is 10.6. The minimum atomic E-state index is -0.216. The van der Waals surface area contributed by atoms with Crippen LogP contribution in [0.25, 0.3) is 0 Å². The van der Waals surface area contributed by atoms with Crippen LogP contribution in [-0.2, 0) is 6.54 Å². The van der Waals surface area contributed by atoms with E-state index in [2.05, 4.69) is 20.5 Å². The lowest BCUT2D eigenvalue weighted by atomic mass is 10.3. The van der Waals surface area contributed by atoms with Crippen LogP contribution < -0.4 is 10.6 Å². The van der Waals surface area contributed by atoms with Crippen LogP contribution in [0.15, 0.2) is 41.1 Å². The molecule has 21 heavy (non-hydrogen) atoms. The van der Waals surface area contributed by atoms with E-state index in [4.69, 9.17) is 4.42 Å². The number of hydrogen-bond acceptors (Lipinski definition) is 5. The molecule has 0 atom stereocenters. The van der Waals surface area contributed by atoms with Gasteiger partial charge in [-0.3, -0.25) is 4.79 Å². The van der Waals surface area contributed by atoms with E-state index in [-0.39, 0.29) is 5.91 Å². The van der Waals surface area contributed by atoms with Gasteiger partial charge in [0.15, 0.2) is 0 Å². The highest BCUT2D eigenvalue weighted by Gasteiger charge is 2.07. The smallest absolute Gasteiger partial charge is 0.270 e. The van der Waals surface area contributed by atoms with Gasteiger partial charge >= 0.3 is 0 Å². The monoisotopic (exact) mass is 288 g/mol. The van der Waals surface area contributed by atoms with E-state index < -0.39 is 0 Å². The maximum atomic E-state index is 11.9. The molecular formula is C15H20N4O2. The Hall–Kier alpha value is -2.34. The molecule has 0 bridgehead atoms. The molecule has 2 rings (SSSR count). The molecular weight excluding hydrogens is 268 g/mol. The second-order valence-corrected chi connectivity index (χ2v) is 4.92. The Kier molecular flexibility index (Phi) is 5.34. The molecule has 0 aromatic carbocycles. The summed E-state index contributed by atoms with van der Waals surface area (Å²) in [5.41, 5.74) is 1.29. The van der Waals surface area contributed by atoms with Gasteiger partial charge in [-0.25, -0.2) is 4.98 Å². The van der Waals surface area contributed by atoms with E-state index in [1.54, 1.807) is 24.6 Å². The van der Waals surface area contributed by atoms with Crippen LogP contribution in [0.4, 0.5) is 5.69 Å². The van der Waals surface area contributed by atoms with Crippen molar-refractivity contribution >= 4 is 11.6 Å². The molecule has 0 unspecified atom stereocenters. The molecule has 0 spiro atoms. The molecule has 0 saturated heterocycles. The van der Waals surface area contributed by atoms with E-state index >= 15 is 0 Å². The summed E-state index contributed by atoms with van der Waals surface area (Å²) in [6, 6.07) is 7.15. The summed E-state index contributed by atoms with van der Waals surface area (Å²) < 4.78 is 5.15. The summed E-state index contributed by atoms with van der Waals surface area (Å²) in [6.07, 6.45) is 3.24. The molecule has 2 heterocycles. The third-order valence-corrected chi connectivity index (χ3v) is 2.89. The van der Waals surface area contributed by atoms with Crippen molar-refractivity contribution in [1.82, 2.24) is 15.2 Å². The van der Waals surface area contributed by atoms with Crippen LogP contribution in [0, 0.1) is 0 Å². The molecule has 0 fully saturated rings. The molecule has 1 amide bonds. The fraction of sp³-hybridized carbons (Fsp3) is 0.333. The standard InChI is InChI=1S/C15H20N4O2/c1-19(2)8-7-16-12-5-6-14(17-10-12)15(20)18-11-13-4-3-9-21-13/h3-6,9-10,16H,7-8,11H2,1-2H3,(H,18,20). The predicted molar refractivity (Wildman–Crippen MR) is 81.2 cm³/mol. The third kappa shape index (κ3) is 4.92. The highest BCUT2D eigenvalue weighted by atomic mass is 16.3. The second-order valence-electron chi connectivity index (χ2n) is 4.92. The van der Waals surface area contributed by atoms with Gasteiger partial charge in [-0.05, 0) is 38.4 Å². The van der Waals surface area contributed by atoms with Crippen molar-refractivity contribution in [3.05, 3.63) is 48.2 Å². The van der Waals surface area contributed by atoms with Crippen LogP contribution in [0.5, 0.6) is 0 Å². The van der Waals surface area contributed by atoms with Crippen LogP contribution in [-0.4, -0.2) is 43.0 Å². The summed E-state index contributed by atoms with van der Waals surface area (Å²) in [4.78, 5) is 18.2. The van der Waals surface area contributed by atoms with Crippen LogP contribution in [0.3, 0.4) is 0 Å². The number of pyridine rings is 1. The SMILES string of the molecule is CN(C)CCNc1ccc(C(=O)NCc2ccco2)nc1. The van der Waals surface area contributed by atoms with Gasteiger partial charge in [-0.1, -0.05) is 0 Å². The van der Waals surface area contributed by atoms with Crippen molar-refractivity contribution in [2.75, 3.05) is 32.5 Å². The molecule has 0 aliphatic rings. The highest BCUT2D eigenvalue weighted by Crippen LogP contribution is 2.06. The number of carbonyl (C=O) groups is 1. The first-order chi connectivity index (χ1) is 10.1. The number of amides is 1. The molecule has 6 nitrogen and oxygen atoms in total. The lowest BCUT2D eigenvalue weighted by Crippen LogP contribution is -2.23. The van der Waals surface area contributed by atoms with Crippen molar-refractivity contribution in [2.45, 2.75) is 6.54 Å². The fourth-order valence-corrected chi connectivity index (χ4v) is 1.73. The zero-order valence-electron chi connectivity index (χ0n) is 12.3. The number of anilines is 1. The number of carbonyl (C=O) groups excluding carboxylic acids is 1. The summed E-state index contributed by atoms with van der Waals surface area (Å²) in [7, 11) is 4.04. The molecule has 0 aliphatic carbocycles. The molecule has 2 aromatic rings. The van der Waals surface area contributed by atoms with Gasteiger partial charge in [0.2, 0.25) is 0 Å². The van der Waals surface area contributed by atoms with Gasteiger partial charge in [0, 0.05) is 13.1 Å². The van der Waals surface area contributed by atoms with Gasteiger partial charge in [0.1, 0.15) is 11.5 Å². The Bertz CT molecular complexity index is 550. The number of aromatic nitrogens is 1. The molecule has 112 valence electrons. The van der Waals surface area contributed by atoms with Crippen molar-refractivity contribution in [1.29, 1.82) is 0 Å². The lowest BCUT2D eigenvalue weighted by Gasteiger charge is -2.11. The van der Waals surface area contributed by atoms with Crippen LogP contribution in [0.1, 0.15) is 16.2 Å². The van der Waals surface area contributed by atoms with Gasteiger partial charge in [0.05, 0.1) is 24.7 Å². The van der Waals surface area contributed by atoms with Gasteiger partial charge in [-0.15, -0.1) is 0 Å². The number of rotatable bonds is 7. The molecule has 2 N–H and O–H groups in total. The number of nitrogens with zero attached hydrogens (tertiary/aromatic N) is 2. The zero-order chi connectivity index (χ0) is 15.1. The second kappa shape index (κ2) is 7.44. The number of hydrogen-bond donors (Lipinski definition) is 2. The Morgan fingerprint density at radius 2 is 2.19 bits per heavy atom. The van der Waals surface area contributed by atoms with Gasteiger partial charge < -0.3 is 20.0 Å². The molecule has 0 radical (unpaired) electrons. The Morgan fingerprint density at radius 3 is 2.81 bits per heavy atom. The highest BCUT2D eigenvalue weighted by molar-refractivity contribution is 5.92. The summed E-state index contributed by atoms with van der Waals surface area (Å²) in [5.74, 6) is 0.497. The van der Waals surface area contributed by atoms with E-state index in [0.29, 0.717) is 18.0 Å². The maximum Gasteiger partial charge on any atom is 0.270 e. The zero-order valence-corrected chi connectivity index (χ0v) is 12.3. The molecule has 6 heteroatoms. The Morgan fingerprint density at radius 1 is 1.33 bits per heavy atom. The first kappa shape index (κ1) is 15.1. The summed E-state index contributed by atoms with van der Waals surface area (Å²) in [6.45, 7) is 2.13. The van der Waals surface area contributed by atoms with Gasteiger partial charge in [-0.2, -0.15) is 0 Å². The van der Waals surface area contributed by atoms with Crippen molar-refractivity contribution in [3.63, 3.8) is 0 Å². The van der Waals surface area contributed by atoms with E-state index in [1.165, 1.54) is 0 Å². The van der Waals surface area contributed by atoms with E-state index in [9.17, 15) is 4.79 Å². The van der Waals surface area contributed by atoms with Crippen molar-refractivity contribution in [2.24, 2.45) is 0 Å². The predicted octanol–water partition coefficient (Wildman–Crippen LogP) is 1.58. The minimum Gasteiger partial charge on any atom is -0.467 e. The maximum absolute atomic E-state index is 11.9. The summed E-state index contributed by atoms with van der Waals surface area (Å²) >= 11 is 0. The lowest BCUT2D eigenvalue weighted by molar-refractivity contribution is 0.0943. The first-order valence-corrected chi connectivity index (χ1v) is 6.80. The Labute approximate surface area is 124 Å². The first-order valence-electron chi connectivity index (χ1n) is 6.80. The topological polar surface area (TPSA) is 70.4 Å². The summed E-state index contributed by atoms with van der Waals surface area (Å²) in [5, 5.41) is 6.00. The molecule has 0 saturated carbocycles. The van der Waals surface area contributed by atoms with Crippen LogP contribution >= 0.6 is 0 Å². The molecule has 0 aliphatic heterocycles. The minimum absolute atomic E-state index is 0.216.